The number of hydrogen-bond acceptors (Lipinski definition) is 5. The minimum absolute atomic E-state index is 0.186. The summed E-state index contributed by atoms with van der Waals surface area (Å²) in [5, 5.41) is 9.08. The lowest BCUT2D eigenvalue weighted by Crippen LogP contribution is -2.23. The third-order valence-corrected chi connectivity index (χ3v) is 3.56. The molecular weight excluding hydrogens is 286 g/mol. The number of benzene rings is 1. The molecule has 1 aromatic carbocycles. The highest BCUT2D eigenvalue weighted by Crippen LogP contribution is 2.31. The lowest BCUT2D eigenvalue weighted by atomic mass is 10.4. The van der Waals surface area contributed by atoms with Gasteiger partial charge in [0.2, 0.25) is 0 Å². The van der Waals surface area contributed by atoms with Gasteiger partial charge in [0.15, 0.2) is 5.69 Å². The van der Waals surface area contributed by atoms with E-state index in [4.69, 9.17) is 11.6 Å². The maximum atomic E-state index is 11.4. The molecule has 0 fully saturated rings. The minimum Gasteiger partial charge on any atom is -0.277 e. The van der Waals surface area contributed by atoms with Gasteiger partial charge in [0.25, 0.3) is 5.91 Å². The molecule has 0 atom stereocenters. The molecule has 0 saturated heterocycles. The largest absolute Gasteiger partial charge is 0.295 e. The fourth-order valence-electron chi connectivity index (χ4n) is 1.28. The molecule has 5 nitrogen and oxygen atoms in total. The van der Waals surface area contributed by atoms with Crippen molar-refractivity contribution in [3.05, 3.63) is 47.1 Å². The molecule has 19 heavy (non-hydrogen) atoms. The van der Waals surface area contributed by atoms with E-state index in [9.17, 15) is 4.79 Å². The van der Waals surface area contributed by atoms with Crippen molar-refractivity contribution >= 4 is 29.3 Å². The van der Waals surface area contributed by atoms with Gasteiger partial charge in [-0.05, 0) is 24.3 Å². The van der Waals surface area contributed by atoms with Crippen LogP contribution in [0.4, 0.5) is 0 Å². The number of hydroxylamine groups is 1. The first-order valence-corrected chi connectivity index (χ1v) is 6.49. The van der Waals surface area contributed by atoms with Gasteiger partial charge in [-0.15, -0.1) is 10.2 Å². The van der Waals surface area contributed by atoms with E-state index in [1.807, 2.05) is 18.2 Å². The maximum absolute atomic E-state index is 11.4. The molecule has 2 rings (SSSR count). The van der Waals surface area contributed by atoms with Gasteiger partial charge >= 0.3 is 0 Å². The standard InChI is InChI=1S/C12H10ClN3O2S/c1-18-16-12(17)9-6-7-11(15-14-9)19-10-5-3-2-4-8(10)13/h2-7H,1H3,(H,16,17). The second-order valence-electron chi connectivity index (χ2n) is 3.42. The van der Waals surface area contributed by atoms with E-state index >= 15 is 0 Å². The van der Waals surface area contributed by atoms with Gasteiger partial charge in [-0.1, -0.05) is 35.5 Å². The molecule has 98 valence electrons. The third-order valence-electron chi connectivity index (χ3n) is 2.12. The van der Waals surface area contributed by atoms with Crippen LogP contribution in [0.2, 0.25) is 5.02 Å². The number of nitrogens with one attached hydrogen (secondary N) is 1. The number of carbonyl (C=O) groups is 1. The van der Waals surface area contributed by atoms with Crippen LogP contribution in [0.1, 0.15) is 10.5 Å². The average Bonchev–Trinajstić information content (AvgIpc) is 2.42. The summed E-state index contributed by atoms with van der Waals surface area (Å²) >= 11 is 7.43. The molecule has 0 aliphatic carbocycles. The number of nitrogens with zero attached hydrogens (tertiary/aromatic N) is 2. The fraction of sp³-hybridized carbons (Fsp3) is 0.0833. The van der Waals surface area contributed by atoms with E-state index in [0.29, 0.717) is 10.0 Å². The Labute approximate surface area is 119 Å². The zero-order valence-electron chi connectivity index (χ0n) is 9.96. The molecule has 0 spiro atoms. The van der Waals surface area contributed by atoms with E-state index in [1.54, 1.807) is 18.2 Å². The summed E-state index contributed by atoms with van der Waals surface area (Å²) in [5.74, 6) is -0.440. The highest BCUT2D eigenvalue weighted by atomic mass is 35.5. The molecule has 0 bridgehead atoms. The first kappa shape index (κ1) is 13.8. The van der Waals surface area contributed by atoms with Crippen molar-refractivity contribution < 1.29 is 9.63 Å². The zero-order valence-corrected chi connectivity index (χ0v) is 11.5. The summed E-state index contributed by atoms with van der Waals surface area (Å²) in [5.41, 5.74) is 2.36. The highest BCUT2D eigenvalue weighted by molar-refractivity contribution is 7.99. The van der Waals surface area contributed by atoms with Gasteiger partial charge < -0.3 is 0 Å². The Hall–Kier alpha value is -1.63. The number of rotatable bonds is 4. The average molecular weight is 296 g/mol. The van der Waals surface area contributed by atoms with Crippen molar-refractivity contribution in [2.75, 3.05) is 7.11 Å². The number of aromatic nitrogens is 2. The Kier molecular flexibility index (Phi) is 4.73. The number of carbonyl (C=O) groups excluding carboxylic acids is 1. The highest BCUT2D eigenvalue weighted by Gasteiger charge is 2.08. The third kappa shape index (κ3) is 3.66. The van der Waals surface area contributed by atoms with Crippen LogP contribution in [-0.2, 0) is 4.84 Å². The molecule has 1 heterocycles. The Balaban J connectivity index is 2.11. The Morgan fingerprint density at radius 2 is 2.05 bits per heavy atom. The zero-order chi connectivity index (χ0) is 13.7. The molecule has 1 amide bonds. The van der Waals surface area contributed by atoms with Gasteiger partial charge in [-0.3, -0.25) is 9.63 Å². The monoisotopic (exact) mass is 295 g/mol. The Morgan fingerprint density at radius 3 is 2.68 bits per heavy atom. The lowest BCUT2D eigenvalue weighted by molar-refractivity contribution is 0.0531. The van der Waals surface area contributed by atoms with Gasteiger partial charge in [-0.2, -0.15) is 0 Å². The number of amides is 1. The van der Waals surface area contributed by atoms with Crippen molar-refractivity contribution in [2.24, 2.45) is 0 Å². The first-order chi connectivity index (χ1) is 9.20. The van der Waals surface area contributed by atoms with E-state index in [0.717, 1.165) is 4.90 Å². The quantitative estimate of drug-likeness (QED) is 0.878. The summed E-state index contributed by atoms with van der Waals surface area (Å²) in [6.45, 7) is 0. The summed E-state index contributed by atoms with van der Waals surface area (Å²) in [7, 11) is 1.35. The van der Waals surface area contributed by atoms with Crippen molar-refractivity contribution in [3.8, 4) is 0 Å². The molecule has 0 saturated carbocycles. The molecule has 1 N–H and O–H groups in total. The van der Waals surface area contributed by atoms with Crippen LogP contribution in [0.3, 0.4) is 0 Å². The minimum atomic E-state index is -0.440. The van der Waals surface area contributed by atoms with E-state index in [-0.39, 0.29) is 5.69 Å². The van der Waals surface area contributed by atoms with E-state index < -0.39 is 5.91 Å². The van der Waals surface area contributed by atoms with Crippen LogP contribution in [0.5, 0.6) is 0 Å². The molecule has 0 aliphatic heterocycles. The predicted molar refractivity (Wildman–Crippen MR) is 72.1 cm³/mol. The van der Waals surface area contributed by atoms with Crippen molar-refractivity contribution in [3.63, 3.8) is 0 Å². The van der Waals surface area contributed by atoms with Crippen LogP contribution in [0.25, 0.3) is 0 Å². The lowest BCUT2D eigenvalue weighted by Gasteiger charge is -2.03. The smallest absolute Gasteiger partial charge is 0.277 e. The molecule has 2 aromatic rings. The molecule has 1 aromatic heterocycles. The van der Waals surface area contributed by atoms with E-state index in [1.165, 1.54) is 18.9 Å². The first-order valence-electron chi connectivity index (χ1n) is 5.30. The van der Waals surface area contributed by atoms with Crippen LogP contribution < -0.4 is 5.48 Å². The van der Waals surface area contributed by atoms with Gasteiger partial charge in [0.05, 0.1) is 12.1 Å². The van der Waals surface area contributed by atoms with Gasteiger partial charge in [0, 0.05) is 4.90 Å². The van der Waals surface area contributed by atoms with Crippen molar-refractivity contribution in [2.45, 2.75) is 9.92 Å². The Morgan fingerprint density at radius 1 is 1.26 bits per heavy atom. The van der Waals surface area contributed by atoms with Gasteiger partial charge in [0.1, 0.15) is 5.03 Å². The topological polar surface area (TPSA) is 64.1 Å². The number of halogens is 1. The van der Waals surface area contributed by atoms with Crippen LogP contribution in [0, 0.1) is 0 Å². The summed E-state index contributed by atoms with van der Waals surface area (Å²) in [4.78, 5) is 16.8. The van der Waals surface area contributed by atoms with Crippen LogP contribution >= 0.6 is 23.4 Å². The Bertz CT molecular complexity index is 577. The normalized spacial score (nSPS) is 10.2. The predicted octanol–water partition coefficient (Wildman–Crippen LogP) is 2.57. The number of hydrogen-bond donors (Lipinski definition) is 1. The second-order valence-corrected chi connectivity index (χ2v) is 4.89. The fourth-order valence-corrected chi connectivity index (χ4v) is 2.29. The van der Waals surface area contributed by atoms with Crippen molar-refractivity contribution in [1.29, 1.82) is 0 Å². The molecule has 0 radical (unpaired) electrons. The summed E-state index contributed by atoms with van der Waals surface area (Å²) < 4.78 is 0. The molecular formula is C12H10ClN3O2S. The molecule has 0 unspecified atom stereocenters. The van der Waals surface area contributed by atoms with E-state index in [2.05, 4.69) is 20.5 Å². The summed E-state index contributed by atoms with van der Waals surface area (Å²) in [6, 6.07) is 10.7. The molecule has 7 heteroatoms. The maximum Gasteiger partial charge on any atom is 0.295 e. The van der Waals surface area contributed by atoms with Crippen LogP contribution in [-0.4, -0.2) is 23.2 Å². The van der Waals surface area contributed by atoms with Gasteiger partial charge in [-0.25, -0.2) is 5.48 Å². The van der Waals surface area contributed by atoms with Crippen LogP contribution in [0.15, 0.2) is 46.3 Å². The molecule has 0 aliphatic rings. The summed E-state index contributed by atoms with van der Waals surface area (Å²) in [6.07, 6.45) is 0. The second kappa shape index (κ2) is 6.51. The van der Waals surface area contributed by atoms with Crippen molar-refractivity contribution in [1.82, 2.24) is 15.7 Å². The SMILES string of the molecule is CONC(=O)c1ccc(Sc2ccccc2Cl)nn1.